The Balaban J connectivity index is 2.78. The second kappa shape index (κ2) is 6.80. The van der Waals surface area contributed by atoms with Gasteiger partial charge >= 0.3 is 0 Å². The van der Waals surface area contributed by atoms with Crippen molar-refractivity contribution >= 4 is 52.1 Å². The van der Waals surface area contributed by atoms with Crippen molar-refractivity contribution in [3.8, 4) is 0 Å². The second-order valence-corrected chi connectivity index (χ2v) is 6.08. The Morgan fingerprint density at radius 2 is 1.38 bits per heavy atom. The van der Waals surface area contributed by atoms with E-state index in [1.54, 1.807) is 0 Å². The van der Waals surface area contributed by atoms with Gasteiger partial charge in [-0.3, -0.25) is 0 Å². The van der Waals surface area contributed by atoms with E-state index in [4.69, 9.17) is 46.4 Å². The quantitative estimate of drug-likeness (QED) is 0.728. The van der Waals surface area contributed by atoms with Gasteiger partial charge in [-0.15, -0.1) is 46.4 Å². The standard InChI is InChI=1S/C11H13Cl4N/c1-8-2-4-9(5-3-8)16(6-10(12)13)7-11(14)15/h2-5,10-11H,6-7H2,1H3. The Bertz CT molecular complexity index is 300. The van der Waals surface area contributed by atoms with Crippen molar-refractivity contribution in [2.75, 3.05) is 18.0 Å². The summed E-state index contributed by atoms with van der Waals surface area (Å²) in [6.07, 6.45) is 0. The summed E-state index contributed by atoms with van der Waals surface area (Å²) in [6.45, 7) is 3.04. The van der Waals surface area contributed by atoms with Gasteiger partial charge in [0.2, 0.25) is 0 Å². The van der Waals surface area contributed by atoms with E-state index in [0.29, 0.717) is 13.1 Å². The monoisotopic (exact) mass is 299 g/mol. The van der Waals surface area contributed by atoms with Crippen LogP contribution in [0.5, 0.6) is 0 Å². The molecule has 0 atom stereocenters. The predicted octanol–water partition coefficient (Wildman–Crippen LogP) is 4.41. The number of anilines is 1. The normalized spacial score (nSPS) is 11.2. The average Bonchev–Trinajstić information content (AvgIpc) is 2.16. The van der Waals surface area contributed by atoms with Crippen molar-refractivity contribution in [2.24, 2.45) is 0 Å². The van der Waals surface area contributed by atoms with Crippen LogP contribution in [0.3, 0.4) is 0 Å². The molecule has 0 heterocycles. The summed E-state index contributed by atoms with van der Waals surface area (Å²) in [6, 6.07) is 8.05. The van der Waals surface area contributed by atoms with Crippen LogP contribution in [0.15, 0.2) is 24.3 Å². The fraction of sp³-hybridized carbons (Fsp3) is 0.455. The van der Waals surface area contributed by atoms with E-state index in [2.05, 4.69) is 0 Å². The summed E-state index contributed by atoms with van der Waals surface area (Å²) in [5.41, 5.74) is 2.22. The minimum absolute atomic E-state index is 0.464. The van der Waals surface area contributed by atoms with E-state index in [0.717, 1.165) is 5.69 Å². The Kier molecular flexibility index (Phi) is 6.06. The summed E-state index contributed by atoms with van der Waals surface area (Å²) < 4.78 is 0. The van der Waals surface area contributed by atoms with Gasteiger partial charge in [-0.25, -0.2) is 0 Å². The van der Waals surface area contributed by atoms with E-state index in [9.17, 15) is 0 Å². The SMILES string of the molecule is Cc1ccc(N(CC(Cl)Cl)CC(Cl)Cl)cc1. The maximum Gasteiger partial charge on any atom is 0.125 e. The maximum absolute atomic E-state index is 5.77. The molecule has 0 radical (unpaired) electrons. The number of rotatable bonds is 5. The lowest BCUT2D eigenvalue weighted by molar-refractivity contribution is 0.837. The molecule has 0 saturated carbocycles. The van der Waals surface area contributed by atoms with Crippen LogP contribution in [0.1, 0.15) is 5.56 Å². The van der Waals surface area contributed by atoms with Gasteiger partial charge in [0.25, 0.3) is 0 Å². The van der Waals surface area contributed by atoms with Gasteiger partial charge in [0, 0.05) is 18.8 Å². The molecule has 5 heteroatoms. The molecule has 0 aliphatic heterocycles. The smallest absolute Gasteiger partial charge is 0.125 e. The molecular weight excluding hydrogens is 288 g/mol. The molecule has 0 spiro atoms. The summed E-state index contributed by atoms with van der Waals surface area (Å²) >= 11 is 23.1. The number of alkyl halides is 4. The van der Waals surface area contributed by atoms with E-state index in [1.807, 2.05) is 36.1 Å². The van der Waals surface area contributed by atoms with Gasteiger partial charge in [0.15, 0.2) is 0 Å². The Hall–Kier alpha value is 0.180. The molecule has 1 rings (SSSR count). The predicted molar refractivity (Wildman–Crippen MR) is 74.4 cm³/mol. The lowest BCUT2D eigenvalue weighted by Crippen LogP contribution is -2.32. The van der Waals surface area contributed by atoms with Gasteiger partial charge in [-0.2, -0.15) is 0 Å². The van der Waals surface area contributed by atoms with Crippen LogP contribution in [-0.4, -0.2) is 22.8 Å². The zero-order valence-corrected chi connectivity index (χ0v) is 11.9. The number of aryl methyl sites for hydroxylation is 1. The van der Waals surface area contributed by atoms with E-state index >= 15 is 0 Å². The van der Waals surface area contributed by atoms with E-state index < -0.39 is 9.67 Å². The number of nitrogens with zero attached hydrogens (tertiary/aromatic N) is 1. The van der Waals surface area contributed by atoms with Crippen molar-refractivity contribution in [3.63, 3.8) is 0 Å². The number of hydrogen-bond donors (Lipinski definition) is 0. The molecule has 0 aliphatic rings. The van der Waals surface area contributed by atoms with Gasteiger partial charge in [0.1, 0.15) is 9.67 Å². The molecule has 1 aromatic carbocycles. The zero-order chi connectivity index (χ0) is 12.1. The van der Waals surface area contributed by atoms with Crippen LogP contribution in [-0.2, 0) is 0 Å². The maximum atomic E-state index is 5.77. The van der Waals surface area contributed by atoms with Crippen LogP contribution >= 0.6 is 46.4 Å². The highest BCUT2D eigenvalue weighted by Crippen LogP contribution is 2.19. The van der Waals surface area contributed by atoms with Crippen LogP contribution in [0.2, 0.25) is 0 Å². The Labute approximate surface area is 116 Å². The molecule has 0 aliphatic carbocycles. The highest BCUT2D eigenvalue weighted by atomic mass is 35.5. The molecule has 0 N–H and O–H groups in total. The minimum Gasteiger partial charge on any atom is -0.366 e. The highest BCUT2D eigenvalue weighted by molar-refractivity contribution is 6.45. The Morgan fingerprint density at radius 1 is 0.938 bits per heavy atom. The first-order chi connectivity index (χ1) is 7.49. The van der Waals surface area contributed by atoms with Crippen LogP contribution in [0.4, 0.5) is 5.69 Å². The molecule has 0 fully saturated rings. The van der Waals surface area contributed by atoms with Gasteiger partial charge in [-0.1, -0.05) is 17.7 Å². The first-order valence-corrected chi connectivity index (χ1v) is 6.61. The number of benzene rings is 1. The minimum atomic E-state index is -0.464. The van der Waals surface area contributed by atoms with Crippen molar-refractivity contribution in [1.29, 1.82) is 0 Å². The van der Waals surface area contributed by atoms with Crippen molar-refractivity contribution in [3.05, 3.63) is 29.8 Å². The summed E-state index contributed by atoms with van der Waals surface area (Å²) in [7, 11) is 0. The second-order valence-electron chi connectivity index (χ2n) is 3.52. The molecule has 1 nitrogen and oxygen atoms in total. The topological polar surface area (TPSA) is 3.24 Å². The summed E-state index contributed by atoms with van der Waals surface area (Å²) in [4.78, 5) is 1.04. The van der Waals surface area contributed by atoms with Crippen LogP contribution < -0.4 is 4.90 Å². The molecule has 16 heavy (non-hydrogen) atoms. The Morgan fingerprint density at radius 3 is 1.75 bits per heavy atom. The van der Waals surface area contributed by atoms with Gasteiger partial charge < -0.3 is 4.90 Å². The summed E-state index contributed by atoms with van der Waals surface area (Å²) in [5, 5.41) is 0. The van der Waals surface area contributed by atoms with Crippen molar-refractivity contribution < 1.29 is 0 Å². The first-order valence-electron chi connectivity index (χ1n) is 4.87. The first kappa shape index (κ1) is 14.2. The van der Waals surface area contributed by atoms with Gasteiger partial charge in [0.05, 0.1) is 0 Å². The molecule has 0 bridgehead atoms. The van der Waals surface area contributed by atoms with E-state index in [-0.39, 0.29) is 0 Å². The molecule has 0 unspecified atom stereocenters. The lowest BCUT2D eigenvalue weighted by Gasteiger charge is -2.25. The molecule has 1 aromatic rings. The van der Waals surface area contributed by atoms with Crippen molar-refractivity contribution in [2.45, 2.75) is 16.6 Å². The fourth-order valence-corrected chi connectivity index (χ4v) is 2.04. The van der Waals surface area contributed by atoms with Crippen LogP contribution in [0, 0.1) is 6.92 Å². The summed E-state index contributed by atoms with van der Waals surface area (Å²) in [5.74, 6) is 0. The zero-order valence-electron chi connectivity index (χ0n) is 8.84. The number of halogens is 4. The third kappa shape index (κ3) is 5.01. The molecule has 0 aromatic heterocycles. The third-order valence-electron chi connectivity index (χ3n) is 2.12. The average molecular weight is 301 g/mol. The molecule has 0 amide bonds. The van der Waals surface area contributed by atoms with Crippen LogP contribution in [0.25, 0.3) is 0 Å². The van der Waals surface area contributed by atoms with Gasteiger partial charge in [-0.05, 0) is 19.1 Å². The molecule has 0 saturated heterocycles. The highest BCUT2D eigenvalue weighted by Gasteiger charge is 2.13. The lowest BCUT2D eigenvalue weighted by atomic mass is 10.2. The molecular formula is C11H13Cl4N. The van der Waals surface area contributed by atoms with E-state index in [1.165, 1.54) is 5.56 Å². The molecule has 90 valence electrons. The fourth-order valence-electron chi connectivity index (χ4n) is 1.37. The third-order valence-corrected chi connectivity index (χ3v) is 2.67. The van der Waals surface area contributed by atoms with Crippen molar-refractivity contribution in [1.82, 2.24) is 0 Å². The number of hydrogen-bond acceptors (Lipinski definition) is 1. The largest absolute Gasteiger partial charge is 0.366 e.